The van der Waals surface area contributed by atoms with E-state index in [1.54, 1.807) is 23.1 Å². The van der Waals surface area contributed by atoms with E-state index in [1.807, 2.05) is 0 Å². The van der Waals surface area contributed by atoms with E-state index in [0.717, 1.165) is 19.3 Å². The fourth-order valence-electron chi connectivity index (χ4n) is 2.60. The van der Waals surface area contributed by atoms with E-state index in [0.29, 0.717) is 18.7 Å². The molecule has 0 radical (unpaired) electrons. The van der Waals surface area contributed by atoms with Crippen LogP contribution in [-0.4, -0.2) is 33.8 Å². The van der Waals surface area contributed by atoms with Gasteiger partial charge in [-0.15, -0.1) is 0 Å². The van der Waals surface area contributed by atoms with E-state index in [9.17, 15) is 9.18 Å². The third-order valence-electron chi connectivity index (χ3n) is 3.77. The van der Waals surface area contributed by atoms with Crippen LogP contribution in [0.25, 0.3) is 0 Å². The Balaban J connectivity index is 1.86. The highest BCUT2D eigenvalue weighted by Crippen LogP contribution is 2.28. The number of hydrogen-bond donors (Lipinski definition) is 2. The molecule has 3 rings (SSSR count). The molecule has 0 atom stereocenters. The number of rotatable bonds is 3. The lowest BCUT2D eigenvalue weighted by Crippen LogP contribution is -2.52. The topological polar surface area (TPSA) is 71.8 Å². The summed E-state index contributed by atoms with van der Waals surface area (Å²) in [6.07, 6.45) is 5.82. The van der Waals surface area contributed by atoms with Crippen molar-refractivity contribution in [2.75, 3.05) is 18.4 Å². The summed E-state index contributed by atoms with van der Waals surface area (Å²) in [4.78, 5) is 16.6. The van der Waals surface area contributed by atoms with Gasteiger partial charge in [-0.1, -0.05) is 0 Å². The number of halogens is 1. The van der Waals surface area contributed by atoms with Gasteiger partial charge >= 0.3 is 0 Å². The zero-order valence-corrected chi connectivity index (χ0v) is 11.4. The van der Waals surface area contributed by atoms with Crippen molar-refractivity contribution in [2.24, 2.45) is 0 Å². The second-order valence-electron chi connectivity index (χ2n) is 5.05. The summed E-state index contributed by atoms with van der Waals surface area (Å²) in [5, 5.41) is 10.2. The zero-order valence-electron chi connectivity index (χ0n) is 11.4. The molecular formula is C14H16FN5O. The Labute approximate surface area is 121 Å². The van der Waals surface area contributed by atoms with E-state index in [2.05, 4.69) is 20.7 Å². The summed E-state index contributed by atoms with van der Waals surface area (Å²) in [6.45, 7) is 1.48. The van der Waals surface area contributed by atoms with Crippen molar-refractivity contribution in [1.29, 1.82) is 0 Å². The number of hydrogen-bond acceptors (Lipinski definition) is 4. The third kappa shape index (κ3) is 2.64. The van der Waals surface area contributed by atoms with E-state index in [4.69, 9.17) is 0 Å². The van der Waals surface area contributed by atoms with E-state index in [1.165, 1.54) is 12.1 Å². The maximum atomic E-state index is 12.9. The summed E-state index contributed by atoms with van der Waals surface area (Å²) >= 11 is 0. The van der Waals surface area contributed by atoms with Crippen LogP contribution in [0.2, 0.25) is 0 Å². The third-order valence-corrected chi connectivity index (χ3v) is 3.77. The average molecular weight is 289 g/mol. The Morgan fingerprint density at radius 3 is 2.81 bits per heavy atom. The van der Waals surface area contributed by atoms with Gasteiger partial charge in [-0.3, -0.25) is 9.48 Å². The van der Waals surface area contributed by atoms with Gasteiger partial charge in [0.25, 0.3) is 5.91 Å². The standard InChI is InChI=1S/C14H16FN5O/c15-11-2-3-12(17-10-11)19-13(21)14(4-7-16-8-5-14)20-9-1-6-18-20/h1-3,6,9-10,16H,4-5,7-8H2,(H,17,19,21). The molecule has 1 aliphatic rings. The molecule has 0 aliphatic carbocycles. The smallest absolute Gasteiger partial charge is 0.253 e. The van der Waals surface area contributed by atoms with Crippen LogP contribution in [0, 0.1) is 5.82 Å². The van der Waals surface area contributed by atoms with Crippen LogP contribution in [0.5, 0.6) is 0 Å². The molecule has 2 aromatic rings. The first-order chi connectivity index (χ1) is 10.2. The second kappa shape index (κ2) is 5.61. The average Bonchev–Trinajstić information content (AvgIpc) is 3.05. The van der Waals surface area contributed by atoms with Gasteiger partial charge in [0.15, 0.2) is 0 Å². The van der Waals surface area contributed by atoms with Crippen molar-refractivity contribution in [2.45, 2.75) is 18.4 Å². The van der Waals surface area contributed by atoms with Crippen molar-refractivity contribution in [3.63, 3.8) is 0 Å². The Morgan fingerprint density at radius 1 is 1.38 bits per heavy atom. The molecule has 1 aliphatic heterocycles. The number of anilines is 1. The lowest BCUT2D eigenvalue weighted by Gasteiger charge is -2.36. The first-order valence-electron chi connectivity index (χ1n) is 6.85. The molecule has 2 aromatic heterocycles. The predicted molar refractivity (Wildman–Crippen MR) is 75.1 cm³/mol. The van der Waals surface area contributed by atoms with Crippen LogP contribution in [-0.2, 0) is 10.3 Å². The fraction of sp³-hybridized carbons (Fsp3) is 0.357. The molecule has 7 heteroatoms. The van der Waals surface area contributed by atoms with Crippen LogP contribution in [0.3, 0.4) is 0 Å². The van der Waals surface area contributed by atoms with E-state index < -0.39 is 11.4 Å². The lowest BCUT2D eigenvalue weighted by molar-refractivity contribution is -0.126. The van der Waals surface area contributed by atoms with Crippen LogP contribution < -0.4 is 10.6 Å². The number of aromatic nitrogens is 3. The monoisotopic (exact) mass is 289 g/mol. The highest BCUT2D eigenvalue weighted by Gasteiger charge is 2.42. The normalized spacial score (nSPS) is 17.4. The molecule has 1 saturated heterocycles. The van der Waals surface area contributed by atoms with Crippen LogP contribution >= 0.6 is 0 Å². The van der Waals surface area contributed by atoms with Gasteiger partial charge in [0.2, 0.25) is 0 Å². The molecule has 110 valence electrons. The molecule has 2 N–H and O–H groups in total. The molecule has 0 spiro atoms. The number of nitrogens with zero attached hydrogens (tertiary/aromatic N) is 3. The number of carbonyl (C=O) groups is 1. The molecule has 0 saturated carbocycles. The minimum atomic E-state index is -0.731. The van der Waals surface area contributed by atoms with Gasteiger partial charge in [-0.2, -0.15) is 5.10 Å². The van der Waals surface area contributed by atoms with Crippen LogP contribution in [0.4, 0.5) is 10.2 Å². The van der Waals surface area contributed by atoms with Crippen molar-refractivity contribution >= 4 is 11.7 Å². The molecule has 6 nitrogen and oxygen atoms in total. The first-order valence-corrected chi connectivity index (χ1v) is 6.85. The Morgan fingerprint density at radius 2 is 2.19 bits per heavy atom. The van der Waals surface area contributed by atoms with Crippen LogP contribution in [0.15, 0.2) is 36.8 Å². The van der Waals surface area contributed by atoms with E-state index in [-0.39, 0.29) is 5.91 Å². The number of pyridine rings is 1. The highest BCUT2D eigenvalue weighted by molar-refractivity contribution is 5.96. The SMILES string of the molecule is O=C(Nc1ccc(F)cn1)C1(n2cccn2)CCNCC1. The summed E-state index contributed by atoms with van der Waals surface area (Å²) in [5.41, 5.74) is -0.731. The van der Waals surface area contributed by atoms with Crippen molar-refractivity contribution < 1.29 is 9.18 Å². The number of nitrogens with one attached hydrogen (secondary N) is 2. The minimum Gasteiger partial charge on any atom is -0.317 e. The van der Waals surface area contributed by atoms with Gasteiger partial charge in [0.1, 0.15) is 17.2 Å². The molecule has 1 amide bonds. The molecule has 1 fully saturated rings. The van der Waals surface area contributed by atoms with Gasteiger partial charge in [-0.25, -0.2) is 9.37 Å². The molecule has 3 heterocycles. The van der Waals surface area contributed by atoms with Crippen molar-refractivity contribution in [3.05, 3.63) is 42.6 Å². The lowest BCUT2D eigenvalue weighted by atomic mass is 9.87. The maximum absolute atomic E-state index is 12.9. The quantitative estimate of drug-likeness (QED) is 0.888. The van der Waals surface area contributed by atoms with Gasteiger partial charge in [0.05, 0.1) is 6.20 Å². The van der Waals surface area contributed by atoms with E-state index >= 15 is 0 Å². The summed E-state index contributed by atoms with van der Waals surface area (Å²) < 4.78 is 14.6. The zero-order chi connectivity index (χ0) is 14.7. The maximum Gasteiger partial charge on any atom is 0.253 e. The fourth-order valence-corrected chi connectivity index (χ4v) is 2.60. The Hall–Kier alpha value is -2.28. The number of amides is 1. The van der Waals surface area contributed by atoms with Gasteiger partial charge in [-0.05, 0) is 44.1 Å². The molecule has 0 aromatic carbocycles. The summed E-state index contributed by atoms with van der Waals surface area (Å²) in [7, 11) is 0. The van der Waals surface area contributed by atoms with Crippen molar-refractivity contribution in [1.82, 2.24) is 20.1 Å². The van der Waals surface area contributed by atoms with Gasteiger partial charge < -0.3 is 10.6 Å². The minimum absolute atomic E-state index is 0.174. The Kier molecular flexibility index (Phi) is 3.66. The molecule has 0 bridgehead atoms. The number of piperidine rings is 1. The number of carbonyl (C=O) groups excluding carboxylic acids is 1. The molecular weight excluding hydrogens is 273 g/mol. The molecule has 21 heavy (non-hydrogen) atoms. The highest BCUT2D eigenvalue weighted by atomic mass is 19.1. The van der Waals surface area contributed by atoms with Gasteiger partial charge in [0, 0.05) is 12.4 Å². The molecule has 0 unspecified atom stereocenters. The largest absolute Gasteiger partial charge is 0.317 e. The summed E-state index contributed by atoms with van der Waals surface area (Å²) in [6, 6.07) is 4.52. The summed E-state index contributed by atoms with van der Waals surface area (Å²) in [5.74, 6) is -0.269. The second-order valence-corrected chi connectivity index (χ2v) is 5.05. The first kappa shape index (κ1) is 13.7. The van der Waals surface area contributed by atoms with Crippen LogP contribution in [0.1, 0.15) is 12.8 Å². The Bertz CT molecular complexity index is 605. The van der Waals surface area contributed by atoms with Crippen molar-refractivity contribution in [3.8, 4) is 0 Å². The predicted octanol–water partition coefficient (Wildman–Crippen LogP) is 1.13.